The monoisotopic (exact) mass is 300 g/mol. The van der Waals surface area contributed by atoms with Crippen LogP contribution in [0.2, 0.25) is 0 Å². The molecule has 0 aliphatic rings. The summed E-state index contributed by atoms with van der Waals surface area (Å²) in [4.78, 5) is 23.8. The van der Waals surface area contributed by atoms with Crippen LogP contribution >= 0.6 is 0 Å². The van der Waals surface area contributed by atoms with Crippen LogP contribution in [0.3, 0.4) is 0 Å². The van der Waals surface area contributed by atoms with Gasteiger partial charge in [0.15, 0.2) is 0 Å². The highest BCUT2D eigenvalue weighted by Gasteiger charge is 2.12. The fourth-order valence-electron chi connectivity index (χ4n) is 2.09. The zero-order valence-corrected chi connectivity index (χ0v) is 13.0. The Balaban J connectivity index is 2.12. The minimum Gasteiger partial charge on any atom is -0.494 e. The summed E-state index contributed by atoms with van der Waals surface area (Å²) in [6.07, 6.45) is 1.58. The summed E-state index contributed by atoms with van der Waals surface area (Å²) >= 11 is 0. The van der Waals surface area contributed by atoms with Crippen molar-refractivity contribution in [3.8, 4) is 5.75 Å². The van der Waals surface area contributed by atoms with Crippen LogP contribution in [0.15, 0.2) is 47.4 Å². The highest BCUT2D eigenvalue weighted by molar-refractivity contribution is 5.94. The number of hydrogen-bond donors (Lipinski definition) is 1. The van der Waals surface area contributed by atoms with Crippen LogP contribution in [0.1, 0.15) is 35.8 Å². The summed E-state index contributed by atoms with van der Waals surface area (Å²) in [5.74, 6) is 0.502. The molecule has 116 valence electrons. The number of carbonyl (C=O) groups is 1. The number of rotatable bonds is 5. The summed E-state index contributed by atoms with van der Waals surface area (Å²) in [7, 11) is 1.64. The minimum atomic E-state index is -0.271. The molecule has 0 spiro atoms. The number of benzene rings is 1. The molecule has 1 aromatic heterocycles. The Bertz CT molecular complexity index is 722. The van der Waals surface area contributed by atoms with E-state index in [-0.39, 0.29) is 17.5 Å². The van der Waals surface area contributed by atoms with Crippen molar-refractivity contribution in [1.29, 1.82) is 0 Å². The van der Waals surface area contributed by atoms with Crippen LogP contribution in [0.4, 0.5) is 0 Å². The van der Waals surface area contributed by atoms with Gasteiger partial charge in [0.25, 0.3) is 11.5 Å². The zero-order valence-electron chi connectivity index (χ0n) is 13.0. The van der Waals surface area contributed by atoms with Crippen LogP contribution in [0.5, 0.6) is 5.75 Å². The molecule has 2 aromatic rings. The van der Waals surface area contributed by atoms with E-state index in [1.165, 1.54) is 10.6 Å². The van der Waals surface area contributed by atoms with Crippen LogP contribution in [0, 0.1) is 0 Å². The van der Waals surface area contributed by atoms with Crippen molar-refractivity contribution in [2.45, 2.75) is 19.9 Å². The zero-order chi connectivity index (χ0) is 16.1. The van der Waals surface area contributed by atoms with Crippen molar-refractivity contribution < 1.29 is 9.53 Å². The number of aryl methyl sites for hydroxylation is 1. The maximum absolute atomic E-state index is 12.2. The second kappa shape index (κ2) is 6.93. The summed E-state index contributed by atoms with van der Waals surface area (Å²) in [5, 5.41) is 2.89. The van der Waals surface area contributed by atoms with Gasteiger partial charge in [-0.15, -0.1) is 0 Å². The molecule has 0 bridgehead atoms. The maximum Gasteiger partial charge on any atom is 0.252 e. The van der Waals surface area contributed by atoms with E-state index in [2.05, 4.69) is 5.32 Å². The fourth-order valence-corrected chi connectivity index (χ4v) is 2.09. The first-order chi connectivity index (χ1) is 10.5. The lowest BCUT2D eigenvalue weighted by Crippen LogP contribution is -2.28. The Morgan fingerprint density at radius 1 is 1.32 bits per heavy atom. The molecule has 0 fully saturated rings. The topological polar surface area (TPSA) is 60.3 Å². The Morgan fingerprint density at radius 3 is 2.77 bits per heavy atom. The number of nitrogens with zero attached hydrogens (tertiary/aromatic N) is 1. The van der Waals surface area contributed by atoms with E-state index in [4.69, 9.17) is 4.74 Å². The smallest absolute Gasteiger partial charge is 0.252 e. The first-order valence-corrected chi connectivity index (χ1v) is 7.21. The van der Waals surface area contributed by atoms with E-state index in [0.29, 0.717) is 12.2 Å². The first kappa shape index (κ1) is 15.8. The van der Waals surface area contributed by atoms with E-state index in [9.17, 15) is 9.59 Å². The second-order valence-electron chi connectivity index (χ2n) is 5.07. The molecule has 2 rings (SSSR count). The third-order valence-electron chi connectivity index (χ3n) is 3.38. The lowest BCUT2D eigenvalue weighted by atomic mass is 10.1. The van der Waals surface area contributed by atoms with Crippen molar-refractivity contribution >= 4 is 5.91 Å². The lowest BCUT2D eigenvalue weighted by Gasteiger charge is -2.15. The molecule has 1 atom stereocenters. The number of nitrogens with one attached hydrogen (secondary N) is 1. The average Bonchev–Trinajstić information content (AvgIpc) is 2.50. The summed E-state index contributed by atoms with van der Waals surface area (Å²) in [6, 6.07) is 10.4. The van der Waals surface area contributed by atoms with Crippen LogP contribution < -0.4 is 15.6 Å². The maximum atomic E-state index is 12.2. The average molecular weight is 300 g/mol. The Labute approximate surface area is 129 Å². The van der Waals surface area contributed by atoms with Gasteiger partial charge in [0, 0.05) is 24.9 Å². The SMILES string of the molecule is CCOc1cccc(C(C)NC(=O)c2ccn(C)c(=O)c2)c1. The summed E-state index contributed by atoms with van der Waals surface area (Å²) < 4.78 is 6.88. The highest BCUT2D eigenvalue weighted by Crippen LogP contribution is 2.19. The van der Waals surface area contributed by atoms with Gasteiger partial charge in [-0.2, -0.15) is 0 Å². The van der Waals surface area contributed by atoms with E-state index < -0.39 is 0 Å². The van der Waals surface area contributed by atoms with Crippen LogP contribution in [-0.2, 0) is 7.05 Å². The molecule has 1 amide bonds. The van der Waals surface area contributed by atoms with Gasteiger partial charge in [-0.05, 0) is 37.6 Å². The normalized spacial score (nSPS) is 11.8. The standard InChI is InChI=1S/C17H20N2O3/c1-4-22-15-7-5-6-13(10-15)12(2)18-17(21)14-8-9-19(3)16(20)11-14/h5-12H,4H2,1-3H3,(H,18,21). The largest absolute Gasteiger partial charge is 0.494 e. The Hall–Kier alpha value is -2.56. The number of pyridine rings is 1. The van der Waals surface area contributed by atoms with Gasteiger partial charge in [0.2, 0.25) is 0 Å². The van der Waals surface area contributed by atoms with E-state index in [1.54, 1.807) is 19.3 Å². The predicted molar refractivity (Wildman–Crippen MR) is 85.2 cm³/mol. The molecule has 1 aromatic carbocycles. The number of ether oxygens (including phenoxy) is 1. The molecule has 5 nitrogen and oxygen atoms in total. The van der Waals surface area contributed by atoms with Crippen molar-refractivity contribution in [3.05, 3.63) is 64.1 Å². The first-order valence-electron chi connectivity index (χ1n) is 7.21. The Morgan fingerprint density at radius 2 is 2.09 bits per heavy atom. The van der Waals surface area contributed by atoms with Crippen molar-refractivity contribution in [1.82, 2.24) is 9.88 Å². The van der Waals surface area contributed by atoms with Crippen molar-refractivity contribution in [3.63, 3.8) is 0 Å². The van der Waals surface area contributed by atoms with Gasteiger partial charge in [-0.25, -0.2) is 0 Å². The molecule has 0 aliphatic heterocycles. The van der Waals surface area contributed by atoms with Crippen LogP contribution in [0.25, 0.3) is 0 Å². The van der Waals surface area contributed by atoms with E-state index >= 15 is 0 Å². The third-order valence-corrected chi connectivity index (χ3v) is 3.38. The summed E-state index contributed by atoms with van der Waals surface area (Å²) in [5.41, 5.74) is 1.10. The minimum absolute atomic E-state index is 0.183. The number of amides is 1. The molecule has 22 heavy (non-hydrogen) atoms. The molecule has 1 N–H and O–H groups in total. The van der Waals surface area contributed by atoms with Gasteiger partial charge in [0.1, 0.15) is 5.75 Å². The van der Waals surface area contributed by atoms with Gasteiger partial charge < -0.3 is 14.6 Å². The molecule has 0 saturated carbocycles. The van der Waals surface area contributed by atoms with E-state index in [1.807, 2.05) is 38.1 Å². The van der Waals surface area contributed by atoms with E-state index in [0.717, 1.165) is 11.3 Å². The molecule has 0 radical (unpaired) electrons. The molecular formula is C17H20N2O3. The van der Waals surface area contributed by atoms with Crippen molar-refractivity contribution in [2.24, 2.45) is 7.05 Å². The fraction of sp³-hybridized carbons (Fsp3) is 0.294. The molecule has 0 aliphatic carbocycles. The summed E-state index contributed by atoms with van der Waals surface area (Å²) in [6.45, 7) is 4.41. The number of aromatic nitrogens is 1. The third kappa shape index (κ3) is 3.75. The molecule has 0 saturated heterocycles. The second-order valence-corrected chi connectivity index (χ2v) is 5.07. The molecule has 1 heterocycles. The van der Waals surface area contributed by atoms with Crippen LogP contribution in [-0.4, -0.2) is 17.1 Å². The lowest BCUT2D eigenvalue weighted by molar-refractivity contribution is 0.0939. The van der Waals surface area contributed by atoms with Gasteiger partial charge in [-0.1, -0.05) is 12.1 Å². The number of hydrogen-bond acceptors (Lipinski definition) is 3. The van der Waals surface area contributed by atoms with Gasteiger partial charge in [0.05, 0.1) is 12.6 Å². The highest BCUT2D eigenvalue weighted by atomic mass is 16.5. The van der Waals surface area contributed by atoms with Gasteiger partial charge >= 0.3 is 0 Å². The number of carbonyl (C=O) groups excluding carboxylic acids is 1. The molecule has 5 heteroatoms. The predicted octanol–water partition coefficient (Wildman–Crippen LogP) is 2.28. The van der Waals surface area contributed by atoms with Crippen molar-refractivity contribution in [2.75, 3.05) is 6.61 Å². The molecular weight excluding hydrogens is 280 g/mol. The van der Waals surface area contributed by atoms with Gasteiger partial charge in [-0.3, -0.25) is 9.59 Å². The Kier molecular flexibility index (Phi) is 4.99. The molecule has 1 unspecified atom stereocenters. The quantitative estimate of drug-likeness (QED) is 0.921.